The second-order valence-corrected chi connectivity index (χ2v) is 3.86. The molecule has 15 heavy (non-hydrogen) atoms. The Bertz CT molecular complexity index is 452. The number of hydrogen-bond acceptors (Lipinski definition) is 1. The van der Waals surface area contributed by atoms with Crippen LogP contribution in [0, 0.1) is 6.92 Å². The summed E-state index contributed by atoms with van der Waals surface area (Å²) in [7, 11) is 2.05. The first-order chi connectivity index (χ1) is 7.18. The maximum absolute atomic E-state index is 4.09. The molecule has 1 heteroatoms. The van der Waals surface area contributed by atoms with Crippen molar-refractivity contribution in [1.82, 2.24) is 0 Å². The van der Waals surface area contributed by atoms with E-state index >= 15 is 0 Å². The van der Waals surface area contributed by atoms with E-state index in [0.717, 1.165) is 5.57 Å². The first-order valence-corrected chi connectivity index (χ1v) is 5.06. The van der Waals surface area contributed by atoms with Gasteiger partial charge in [-0.2, -0.15) is 0 Å². The Kier molecular flexibility index (Phi) is 2.46. The molecule has 1 aromatic rings. The van der Waals surface area contributed by atoms with Crippen LogP contribution in [0.25, 0.3) is 5.57 Å². The fourth-order valence-corrected chi connectivity index (χ4v) is 1.74. The van der Waals surface area contributed by atoms with E-state index in [-0.39, 0.29) is 0 Å². The molecule has 1 aliphatic heterocycles. The molecule has 0 amide bonds. The minimum Gasteiger partial charge on any atom is -0.351 e. The molecule has 1 aromatic carbocycles. The molecule has 0 saturated carbocycles. The molecule has 0 bridgehead atoms. The lowest BCUT2D eigenvalue weighted by Gasteiger charge is -2.20. The van der Waals surface area contributed by atoms with Gasteiger partial charge in [0.15, 0.2) is 0 Å². The Balaban J connectivity index is 2.62. The molecule has 0 unspecified atom stereocenters. The Labute approximate surface area is 91.0 Å². The minimum atomic E-state index is 1.06. The zero-order valence-corrected chi connectivity index (χ0v) is 9.20. The first-order valence-electron chi connectivity index (χ1n) is 5.06. The lowest BCUT2D eigenvalue weighted by Crippen LogP contribution is -2.10. The molecule has 1 aliphatic rings. The third kappa shape index (κ3) is 1.86. The monoisotopic (exact) mass is 197 g/mol. The molecule has 76 valence electrons. The molecule has 0 N–H and O–H groups in total. The zero-order valence-electron chi connectivity index (χ0n) is 9.20. The summed E-state index contributed by atoms with van der Waals surface area (Å²) in [6.45, 7) is 6.19. The molecule has 0 fully saturated rings. The van der Waals surface area contributed by atoms with Crippen LogP contribution in [0.1, 0.15) is 11.1 Å². The maximum Gasteiger partial charge on any atom is 0.0483 e. The summed E-state index contributed by atoms with van der Waals surface area (Å²) in [5.41, 5.74) is 4.73. The first kappa shape index (κ1) is 9.78. The standard InChI is InChI=1S/C14H15N/c1-11-7-8-14-13(10-11)12(2)6-4-5-9-15(14)3/h4-10H,2H2,1,3H3/b6-4-,9-5-. The van der Waals surface area contributed by atoms with E-state index in [1.807, 2.05) is 18.2 Å². The van der Waals surface area contributed by atoms with Crippen LogP contribution in [0.15, 0.2) is 49.2 Å². The van der Waals surface area contributed by atoms with Crippen LogP contribution in [0.3, 0.4) is 0 Å². The van der Waals surface area contributed by atoms with Gasteiger partial charge in [-0.1, -0.05) is 30.4 Å². The van der Waals surface area contributed by atoms with Crippen molar-refractivity contribution < 1.29 is 0 Å². The molecule has 0 saturated heterocycles. The van der Waals surface area contributed by atoms with E-state index in [1.54, 1.807) is 0 Å². The van der Waals surface area contributed by atoms with Crippen LogP contribution >= 0.6 is 0 Å². The molecular weight excluding hydrogens is 182 g/mol. The number of rotatable bonds is 0. The Morgan fingerprint density at radius 2 is 2.00 bits per heavy atom. The minimum absolute atomic E-state index is 1.06. The van der Waals surface area contributed by atoms with Gasteiger partial charge in [-0.25, -0.2) is 0 Å². The van der Waals surface area contributed by atoms with Crippen molar-refractivity contribution in [2.24, 2.45) is 0 Å². The summed E-state index contributed by atoms with van der Waals surface area (Å²) in [5, 5.41) is 0. The summed E-state index contributed by atoms with van der Waals surface area (Å²) in [4.78, 5) is 2.11. The number of anilines is 1. The van der Waals surface area contributed by atoms with Crippen LogP contribution in [-0.2, 0) is 0 Å². The van der Waals surface area contributed by atoms with Crippen molar-refractivity contribution in [3.63, 3.8) is 0 Å². The van der Waals surface area contributed by atoms with Crippen LogP contribution in [-0.4, -0.2) is 7.05 Å². The van der Waals surface area contributed by atoms with Crippen molar-refractivity contribution in [1.29, 1.82) is 0 Å². The van der Waals surface area contributed by atoms with Crippen molar-refractivity contribution in [3.8, 4) is 0 Å². The summed E-state index contributed by atoms with van der Waals surface area (Å²) in [6, 6.07) is 6.44. The molecule has 0 aromatic heterocycles. The Hall–Kier alpha value is -1.76. The van der Waals surface area contributed by atoms with Gasteiger partial charge in [0.05, 0.1) is 0 Å². The fourth-order valence-electron chi connectivity index (χ4n) is 1.74. The van der Waals surface area contributed by atoms with Crippen LogP contribution < -0.4 is 4.90 Å². The third-order valence-corrected chi connectivity index (χ3v) is 2.60. The normalized spacial score (nSPS) is 19.1. The SMILES string of the molecule is C=C1/C=C\C=C/N(C)c2ccc(C)cc21. The second kappa shape index (κ2) is 3.77. The number of fused-ring (bicyclic) bond motifs is 1. The Morgan fingerprint density at radius 3 is 2.80 bits per heavy atom. The van der Waals surface area contributed by atoms with E-state index < -0.39 is 0 Å². The van der Waals surface area contributed by atoms with E-state index in [1.165, 1.54) is 16.8 Å². The van der Waals surface area contributed by atoms with Crippen LogP contribution in [0.4, 0.5) is 5.69 Å². The summed E-state index contributed by atoms with van der Waals surface area (Å²) >= 11 is 0. The van der Waals surface area contributed by atoms with Gasteiger partial charge in [0.1, 0.15) is 0 Å². The number of hydrogen-bond donors (Lipinski definition) is 0. The predicted octanol–water partition coefficient (Wildman–Crippen LogP) is 3.53. The van der Waals surface area contributed by atoms with Crippen LogP contribution in [0.5, 0.6) is 0 Å². The molecule has 0 spiro atoms. The topological polar surface area (TPSA) is 3.24 Å². The smallest absolute Gasteiger partial charge is 0.0483 e. The summed E-state index contributed by atoms with van der Waals surface area (Å²) in [6.07, 6.45) is 8.14. The van der Waals surface area contributed by atoms with Gasteiger partial charge in [0.2, 0.25) is 0 Å². The van der Waals surface area contributed by atoms with E-state index in [9.17, 15) is 0 Å². The molecular formula is C14H15N. The number of allylic oxidation sites excluding steroid dienone is 4. The molecule has 1 heterocycles. The molecule has 0 atom stereocenters. The highest BCUT2D eigenvalue weighted by Gasteiger charge is 2.08. The van der Waals surface area contributed by atoms with E-state index in [2.05, 4.69) is 49.8 Å². The zero-order chi connectivity index (χ0) is 10.8. The highest BCUT2D eigenvalue weighted by molar-refractivity contribution is 5.82. The molecule has 0 radical (unpaired) electrons. The summed E-state index contributed by atoms with van der Waals surface area (Å²) < 4.78 is 0. The quantitative estimate of drug-likeness (QED) is 0.615. The number of aryl methyl sites for hydroxylation is 1. The number of nitrogens with zero attached hydrogens (tertiary/aromatic N) is 1. The highest BCUT2D eigenvalue weighted by atomic mass is 15.1. The second-order valence-electron chi connectivity index (χ2n) is 3.86. The van der Waals surface area contributed by atoms with Crippen molar-refractivity contribution >= 4 is 11.3 Å². The van der Waals surface area contributed by atoms with Gasteiger partial charge < -0.3 is 4.90 Å². The average Bonchev–Trinajstić information content (AvgIpc) is 2.22. The van der Waals surface area contributed by atoms with Gasteiger partial charge in [-0.3, -0.25) is 0 Å². The lowest BCUT2D eigenvalue weighted by molar-refractivity contribution is 1.19. The van der Waals surface area contributed by atoms with Gasteiger partial charge >= 0.3 is 0 Å². The number of benzene rings is 1. The Morgan fingerprint density at radius 1 is 1.20 bits per heavy atom. The largest absolute Gasteiger partial charge is 0.351 e. The van der Waals surface area contributed by atoms with E-state index in [4.69, 9.17) is 0 Å². The fraction of sp³-hybridized carbons (Fsp3) is 0.143. The maximum atomic E-state index is 4.09. The molecule has 2 rings (SSSR count). The van der Waals surface area contributed by atoms with Gasteiger partial charge in [-0.05, 0) is 30.7 Å². The van der Waals surface area contributed by atoms with Crippen molar-refractivity contribution in [2.45, 2.75) is 6.92 Å². The molecule has 1 nitrogen and oxygen atoms in total. The van der Waals surface area contributed by atoms with Crippen molar-refractivity contribution in [3.05, 3.63) is 60.3 Å². The summed E-state index contributed by atoms with van der Waals surface area (Å²) in [5.74, 6) is 0. The molecule has 0 aliphatic carbocycles. The van der Waals surface area contributed by atoms with Crippen molar-refractivity contribution in [2.75, 3.05) is 11.9 Å². The lowest BCUT2D eigenvalue weighted by atomic mass is 10.0. The third-order valence-electron chi connectivity index (χ3n) is 2.60. The van der Waals surface area contributed by atoms with E-state index in [0.29, 0.717) is 0 Å². The average molecular weight is 197 g/mol. The van der Waals surface area contributed by atoms with Crippen LogP contribution in [0.2, 0.25) is 0 Å². The highest BCUT2D eigenvalue weighted by Crippen LogP contribution is 2.28. The van der Waals surface area contributed by atoms with Gasteiger partial charge in [0.25, 0.3) is 0 Å². The van der Waals surface area contributed by atoms with Gasteiger partial charge in [0, 0.05) is 24.5 Å². The predicted molar refractivity (Wildman–Crippen MR) is 66.9 cm³/mol. The van der Waals surface area contributed by atoms with Gasteiger partial charge in [-0.15, -0.1) is 0 Å².